The van der Waals surface area contributed by atoms with Crippen LogP contribution < -0.4 is 0 Å². The molecule has 4 N–H and O–H groups in total. The van der Waals surface area contributed by atoms with Crippen molar-refractivity contribution < 1.29 is 20.4 Å². The number of hydrogen-bond donors (Lipinski definition) is 4. The predicted octanol–water partition coefficient (Wildman–Crippen LogP) is 0.367. The highest BCUT2D eigenvalue weighted by Gasteiger charge is 2.37. The van der Waals surface area contributed by atoms with Crippen molar-refractivity contribution in [1.29, 1.82) is 0 Å². The van der Waals surface area contributed by atoms with Crippen LogP contribution in [0, 0.1) is 5.92 Å². The van der Waals surface area contributed by atoms with Gasteiger partial charge in [-0.1, -0.05) is 36.0 Å². The zero-order valence-electron chi connectivity index (χ0n) is 9.68. The van der Waals surface area contributed by atoms with E-state index in [1.165, 1.54) is 11.8 Å². The van der Waals surface area contributed by atoms with Crippen molar-refractivity contribution in [2.45, 2.75) is 23.2 Å². The maximum atomic E-state index is 9.90. The van der Waals surface area contributed by atoms with Crippen LogP contribution in [0.3, 0.4) is 0 Å². The fourth-order valence-electron chi connectivity index (χ4n) is 1.90. The molecule has 0 bridgehead atoms. The minimum atomic E-state index is -1.27. The van der Waals surface area contributed by atoms with Crippen LogP contribution in [-0.2, 0) is 0 Å². The van der Waals surface area contributed by atoms with E-state index in [0.29, 0.717) is 4.91 Å². The first kappa shape index (κ1) is 13.6. The zero-order chi connectivity index (χ0) is 13.1. The van der Waals surface area contributed by atoms with Gasteiger partial charge in [-0.05, 0) is 12.1 Å². The third-order valence-corrected chi connectivity index (χ3v) is 4.09. The second-order valence-electron chi connectivity index (χ2n) is 4.26. The van der Waals surface area contributed by atoms with Crippen molar-refractivity contribution in [3.05, 3.63) is 41.3 Å². The van der Waals surface area contributed by atoms with E-state index in [2.05, 4.69) is 0 Å². The lowest BCUT2D eigenvalue weighted by molar-refractivity contribution is -0.0742. The molecule has 5 heteroatoms. The normalized spacial score (nSPS) is 32.1. The Balaban J connectivity index is 2.20. The summed E-state index contributed by atoms with van der Waals surface area (Å²) < 4.78 is 0. The van der Waals surface area contributed by atoms with Crippen molar-refractivity contribution in [2.75, 3.05) is 6.61 Å². The summed E-state index contributed by atoms with van der Waals surface area (Å²) in [7, 11) is 0. The quantitative estimate of drug-likeness (QED) is 0.637. The van der Waals surface area contributed by atoms with Crippen molar-refractivity contribution in [2.24, 2.45) is 5.92 Å². The predicted molar refractivity (Wildman–Crippen MR) is 69.0 cm³/mol. The number of thioether (sulfide) groups is 1. The highest BCUT2D eigenvalue weighted by atomic mass is 32.2. The SMILES string of the molecule is OC[C@@H]1C=C(Sc2ccccc2)[C@H](O)[C@@H](O)[C@H]1O. The van der Waals surface area contributed by atoms with Gasteiger partial charge in [-0.25, -0.2) is 0 Å². The van der Waals surface area contributed by atoms with Crippen LogP contribution in [0.4, 0.5) is 0 Å². The van der Waals surface area contributed by atoms with Crippen LogP contribution in [0.2, 0.25) is 0 Å². The van der Waals surface area contributed by atoms with Gasteiger partial charge in [-0.2, -0.15) is 0 Å². The highest BCUT2D eigenvalue weighted by molar-refractivity contribution is 8.03. The molecule has 4 atom stereocenters. The molecule has 0 saturated carbocycles. The van der Waals surface area contributed by atoms with E-state index >= 15 is 0 Å². The molecule has 1 aliphatic carbocycles. The average Bonchev–Trinajstić information content (AvgIpc) is 2.40. The molecule has 0 radical (unpaired) electrons. The first-order valence-corrected chi connectivity index (χ1v) is 6.55. The maximum absolute atomic E-state index is 9.90. The molecule has 1 aromatic carbocycles. The van der Waals surface area contributed by atoms with Crippen LogP contribution in [0.25, 0.3) is 0 Å². The third-order valence-electron chi connectivity index (χ3n) is 2.97. The highest BCUT2D eigenvalue weighted by Crippen LogP contribution is 2.35. The molecule has 0 spiro atoms. The Labute approximate surface area is 110 Å². The Morgan fingerprint density at radius 2 is 1.67 bits per heavy atom. The van der Waals surface area contributed by atoms with E-state index in [1.807, 2.05) is 30.3 Å². The molecule has 0 aliphatic heterocycles. The lowest BCUT2D eigenvalue weighted by atomic mass is 9.89. The summed E-state index contributed by atoms with van der Waals surface area (Å²) in [6.07, 6.45) is -1.89. The van der Waals surface area contributed by atoms with Crippen molar-refractivity contribution in [1.82, 2.24) is 0 Å². The summed E-state index contributed by atoms with van der Waals surface area (Å²) in [4.78, 5) is 1.49. The van der Waals surface area contributed by atoms with E-state index in [0.717, 1.165) is 4.90 Å². The summed E-state index contributed by atoms with van der Waals surface area (Å²) in [5, 5.41) is 38.4. The van der Waals surface area contributed by atoms with E-state index in [4.69, 9.17) is 5.11 Å². The molecule has 0 saturated heterocycles. The van der Waals surface area contributed by atoms with Gasteiger partial charge in [0.25, 0.3) is 0 Å². The second-order valence-corrected chi connectivity index (χ2v) is 5.40. The van der Waals surface area contributed by atoms with Crippen molar-refractivity contribution >= 4 is 11.8 Å². The van der Waals surface area contributed by atoms with Gasteiger partial charge in [0.15, 0.2) is 0 Å². The summed E-state index contributed by atoms with van der Waals surface area (Å²) in [5.41, 5.74) is 0. The van der Waals surface area contributed by atoms with Crippen LogP contribution in [-0.4, -0.2) is 45.3 Å². The maximum Gasteiger partial charge on any atom is 0.113 e. The molecule has 2 rings (SSSR count). The second kappa shape index (κ2) is 5.86. The smallest absolute Gasteiger partial charge is 0.113 e. The van der Waals surface area contributed by atoms with Gasteiger partial charge in [0.05, 0.1) is 12.7 Å². The molecule has 0 fully saturated rings. The molecule has 0 unspecified atom stereocenters. The first-order chi connectivity index (χ1) is 8.63. The topological polar surface area (TPSA) is 80.9 Å². The largest absolute Gasteiger partial charge is 0.396 e. The molecule has 1 aliphatic rings. The van der Waals surface area contributed by atoms with Crippen LogP contribution in [0.15, 0.2) is 46.2 Å². The van der Waals surface area contributed by atoms with Crippen molar-refractivity contribution in [3.8, 4) is 0 Å². The van der Waals surface area contributed by atoms with E-state index < -0.39 is 24.2 Å². The fraction of sp³-hybridized carbons (Fsp3) is 0.385. The molecule has 0 amide bonds. The van der Waals surface area contributed by atoms with E-state index in [9.17, 15) is 15.3 Å². The van der Waals surface area contributed by atoms with Gasteiger partial charge >= 0.3 is 0 Å². The Kier molecular flexibility index (Phi) is 4.42. The standard InChI is InChI=1S/C13H16O4S/c14-7-8-6-10(12(16)13(17)11(8)15)18-9-4-2-1-3-5-9/h1-6,8,11-17H,7H2/t8-,11-,12-,13-/m0/s1. The van der Waals surface area contributed by atoms with Gasteiger partial charge < -0.3 is 20.4 Å². The van der Waals surface area contributed by atoms with E-state index in [-0.39, 0.29) is 6.61 Å². The van der Waals surface area contributed by atoms with Gasteiger partial charge in [0.1, 0.15) is 12.2 Å². The van der Waals surface area contributed by atoms with Crippen LogP contribution >= 0.6 is 11.8 Å². The number of hydrogen-bond acceptors (Lipinski definition) is 5. The van der Waals surface area contributed by atoms with Crippen LogP contribution in [0.5, 0.6) is 0 Å². The number of rotatable bonds is 3. The molecule has 0 aromatic heterocycles. The number of aliphatic hydroxyl groups excluding tert-OH is 4. The molecule has 18 heavy (non-hydrogen) atoms. The molecule has 98 valence electrons. The minimum absolute atomic E-state index is 0.260. The molecular weight excluding hydrogens is 252 g/mol. The van der Waals surface area contributed by atoms with Gasteiger partial charge in [0, 0.05) is 15.7 Å². The average molecular weight is 268 g/mol. The number of benzene rings is 1. The summed E-state index contributed by atoms with van der Waals surface area (Å²) in [5.74, 6) is -0.547. The zero-order valence-corrected chi connectivity index (χ0v) is 10.5. The third kappa shape index (κ3) is 2.76. The minimum Gasteiger partial charge on any atom is -0.396 e. The number of aliphatic hydroxyl groups is 4. The van der Waals surface area contributed by atoms with Gasteiger partial charge in [0.2, 0.25) is 0 Å². The van der Waals surface area contributed by atoms with Gasteiger partial charge in [-0.3, -0.25) is 0 Å². The van der Waals surface area contributed by atoms with Gasteiger partial charge in [-0.15, -0.1) is 0 Å². The molecular formula is C13H16O4S. The Hall–Kier alpha value is -0.850. The Morgan fingerprint density at radius 1 is 1.00 bits per heavy atom. The summed E-state index contributed by atoms with van der Waals surface area (Å²) in [6.45, 7) is -0.260. The summed E-state index contributed by atoms with van der Waals surface area (Å²) in [6, 6.07) is 9.44. The molecule has 0 heterocycles. The first-order valence-electron chi connectivity index (χ1n) is 5.73. The molecule has 4 nitrogen and oxygen atoms in total. The van der Waals surface area contributed by atoms with E-state index in [1.54, 1.807) is 6.08 Å². The fourth-order valence-corrected chi connectivity index (χ4v) is 2.96. The Morgan fingerprint density at radius 3 is 2.28 bits per heavy atom. The lowest BCUT2D eigenvalue weighted by Gasteiger charge is -2.33. The summed E-state index contributed by atoms with van der Waals surface area (Å²) >= 11 is 1.33. The van der Waals surface area contributed by atoms with Crippen molar-refractivity contribution in [3.63, 3.8) is 0 Å². The monoisotopic (exact) mass is 268 g/mol. The Bertz CT molecular complexity index is 420. The lowest BCUT2D eigenvalue weighted by Crippen LogP contribution is -2.46. The van der Waals surface area contributed by atoms with Crippen LogP contribution in [0.1, 0.15) is 0 Å². The molecule has 1 aromatic rings.